The minimum absolute atomic E-state index is 0.307. The maximum Gasteiger partial charge on any atom is 0.414 e. The summed E-state index contributed by atoms with van der Waals surface area (Å²) in [5.74, 6) is 0. The summed E-state index contributed by atoms with van der Waals surface area (Å²) < 4.78 is 4.73. The summed E-state index contributed by atoms with van der Waals surface area (Å²) in [6.45, 7) is 0.710. The zero-order valence-corrected chi connectivity index (χ0v) is 9.25. The van der Waals surface area contributed by atoms with E-state index in [-0.39, 0.29) is 6.09 Å². The zero-order valence-electron chi connectivity index (χ0n) is 8.50. The number of hydrogen-bond donors (Lipinski definition) is 0. The van der Waals surface area contributed by atoms with Crippen LogP contribution in [0, 0.1) is 0 Å². The number of amides is 1. The Labute approximate surface area is 93.6 Å². The third kappa shape index (κ3) is 1.92. The molecule has 1 amide bonds. The van der Waals surface area contributed by atoms with E-state index in [1.807, 2.05) is 12.1 Å². The molecule has 0 bridgehead atoms. The van der Waals surface area contributed by atoms with Gasteiger partial charge < -0.3 is 4.74 Å². The topological polar surface area (TPSA) is 29.5 Å². The van der Waals surface area contributed by atoms with Crippen LogP contribution in [0.3, 0.4) is 0 Å². The predicted octanol–water partition coefficient (Wildman–Crippen LogP) is 2.86. The summed E-state index contributed by atoms with van der Waals surface area (Å²) in [6, 6.07) is 5.57. The Morgan fingerprint density at radius 1 is 1.53 bits per heavy atom. The Morgan fingerprint density at radius 3 is 3.07 bits per heavy atom. The quantitative estimate of drug-likeness (QED) is 0.680. The van der Waals surface area contributed by atoms with Gasteiger partial charge in [0.1, 0.15) is 0 Å². The standard InChI is InChI=1S/C11H12ClNO2/c1-15-11(14)13-6-2-3-8-7-9(12)4-5-10(8)13/h4-5,7H,2-3,6H2,1H3. The minimum Gasteiger partial charge on any atom is -0.452 e. The molecular weight excluding hydrogens is 214 g/mol. The fraction of sp³-hybridized carbons (Fsp3) is 0.364. The fourth-order valence-corrected chi connectivity index (χ4v) is 2.06. The number of rotatable bonds is 0. The highest BCUT2D eigenvalue weighted by atomic mass is 35.5. The second-order valence-electron chi connectivity index (χ2n) is 3.50. The molecule has 0 saturated heterocycles. The number of carbonyl (C=O) groups is 1. The highest BCUT2D eigenvalue weighted by Crippen LogP contribution is 2.29. The summed E-state index contributed by atoms with van der Waals surface area (Å²) in [5, 5.41) is 0.709. The van der Waals surface area contributed by atoms with Crippen molar-refractivity contribution in [1.29, 1.82) is 0 Å². The molecule has 0 N–H and O–H groups in total. The van der Waals surface area contributed by atoms with E-state index in [0.29, 0.717) is 11.6 Å². The van der Waals surface area contributed by atoms with Gasteiger partial charge in [0.2, 0.25) is 0 Å². The Hall–Kier alpha value is -1.22. The molecule has 0 aromatic heterocycles. The number of ether oxygens (including phenoxy) is 1. The number of aryl methyl sites for hydroxylation is 1. The molecule has 80 valence electrons. The van der Waals surface area contributed by atoms with E-state index in [1.54, 1.807) is 11.0 Å². The molecule has 0 atom stereocenters. The summed E-state index contributed by atoms with van der Waals surface area (Å²) >= 11 is 5.90. The number of anilines is 1. The minimum atomic E-state index is -0.307. The Bertz CT molecular complexity index is 392. The predicted molar refractivity (Wildman–Crippen MR) is 59.5 cm³/mol. The first-order chi connectivity index (χ1) is 7.22. The van der Waals surface area contributed by atoms with Crippen molar-refractivity contribution in [2.75, 3.05) is 18.6 Å². The molecule has 3 nitrogen and oxygen atoms in total. The van der Waals surface area contributed by atoms with Gasteiger partial charge in [0, 0.05) is 11.6 Å². The van der Waals surface area contributed by atoms with Crippen molar-refractivity contribution in [3.8, 4) is 0 Å². The fourth-order valence-electron chi connectivity index (χ4n) is 1.87. The van der Waals surface area contributed by atoms with Crippen molar-refractivity contribution < 1.29 is 9.53 Å². The Kier molecular flexibility index (Phi) is 2.82. The van der Waals surface area contributed by atoms with Crippen molar-refractivity contribution in [3.05, 3.63) is 28.8 Å². The second kappa shape index (κ2) is 4.11. The van der Waals surface area contributed by atoms with Crippen LogP contribution in [-0.4, -0.2) is 19.7 Å². The van der Waals surface area contributed by atoms with Crippen LogP contribution in [0.1, 0.15) is 12.0 Å². The van der Waals surface area contributed by atoms with Gasteiger partial charge in [-0.05, 0) is 36.6 Å². The maximum absolute atomic E-state index is 11.5. The Morgan fingerprint density at radius 2 is 2.33 bits per heavy atom. The van der Waals surface area contributed by atoms with Crippen LogP contribution in [0.25, 0.3) is 0 Å². The van der Waals surface area contributed by atoms with Crippen LogP contribution < -0.4 is 4.90 Å². The number of halogens is 1. The van der Waals surface area contributed by atoms with Crippen LogP contribution in [0.15, 0.2) is 18.2 Å². The van der Waals surface area contributed by atoms with E-state index in [2.05, 4.69) is 0 Å². The first kappa shape index (κ1) is 10.3. The SMILES string of the molecule is COC(=O)N1CCCc2cc(Cl)ccc21. The summed E-state index contributed by atoms with van der Waals surface area (Å²) in [6.07, 6.45) is 1.60. The number of benzene rings is 1. The van der Waals surface area contributed by atoms with Crippen molar-refractivity contribution in [1.82, 2.24) is 0 Å². The van der Waals surface area contributed by atoms with Crippen LogP contribution in [0.4, 0.5) is 10.5 Å². The van der Waals surface area contributed by atoms with E-state index in [9.17, 15) is 4.79 Å². The molecule has 1 aromatic carbocycles. The smallest absolute Gasteiger partial charge is 0.414 e. The average Bonchev–Trinajstić information content (AvgIpc) is 2.26. The van der Waals surface area contributed by atoms with Crippen LogP contribution in [0.5, 0.6) is 0 Å². The number of nitrogens with zero attached hydrogens (tertiary/aromatic N) is 1. The van der Waals surface area contributed by atoms with Crippen LogP contribution in [-0.2, 0) is 11.2 Å². The lowest BCUT2D eigenvalue weighted by molar-refractivity contribution is 0.178. The first-order valence-corrected chi connectivity index (χ1v) is 5.24. The second-order valence-corrected chi connectivity index (χ2v) is 3.93. The van der Waals surface area contributed by atoms with Gasteiger partial charge >= 0.3 is 6.09 Å². The lowest BCUT2D eigenvalue weighted by Gasteiger charge is -2.28. The highest BCUT2D eigenvalue weighted by molar-refractivity contribution is 6.30. The van der Waals surface area contributed by atoms with Gasteiger partial charge in [0.05, 0.1) is 12.8 Å². The third-order valence-electron chi connectivity index (χ3n) is 2.56. The molecule has 15 heavy (non-hydrogen) atoms. The molecular formula is C11H12ClNO2. The molecule has 1 aliphatic heterocycles. The molecule has 1 aliphatic rings. The van der Waals surface area contributed by atoms with E-state index < -0.39 is 0 Å². The number of methoxy groups -OCH3 is 1. The lowest BCUT2D eigenvalue weighted by atomic mass is 10.0. The van der Waals surface area contributed by atoms with Gasteiger partial charge in [-0.2, -0.15) is 0 Å². The van der Waals surface area contributed by atoms with E-state index >= 15 is 0 Å². The van der Waals surface area contributed by atoms with Gasteiger partial charge in [-0.3, -0.25) is 4.90 Å². The van der Waals surface area contributed by atoms with Crippen LogP contribution >= 0.6 is 11.6 Å². The Balaban J connectivity index is 2.38. The van der Waals surface area contributed by atoms with Gasteiger partial charge in [0.15, 0.2) is 0 Å². The van der Waals surface area contributed by atoms with Crippen molar-refractivity contribution >= 4 is 23.4 Å². The summed E-state index contributed by atoms with van der Waals surface area (Å²) in [7, 11) is 1.40. The average molecular weight is 226 g/mol. The summed E-state index contributed by atoms with van der Waals surface area (Å²) in [5.41, 5.74) is 2.02. The molecule has 0 saturated carbocycles. The van der Waals surface area contributed by atoms with Gasteiger partial charge in [-0.25, -0.2) is 4.79 Å². The number of fused-ring (bicyclic) bond motifs is 1. The zero-order chi connectivity index (χ0) is 10.8. The van der Waals surface area contributed by atoms with E-state index in [1.165, 1.54) is 7.11 Å². The molecule has 0 unspecified atom stereocenters. The maximum atomic E-state index is 11.5. The van der Waals surface area contributed by atoms with Crippen molar-refractivity contribution in [2.24, 2.45) is 0 Å². The van der Waals surface area contributed by atoms with E-state index in [0.717, 1.165) is 24.1 Å². The number of carbonyl (C=O) groups excluding carboxylic acids is 1. The normalized spacial score (nSPS) is 14.7. The largest absolute Gasteiger partial charge is 0.452 e. The molecule has 1 aromatic rings. The van der Waals surface area contributed by atoms with E-state index in [4.69, 9.17) is 16.3 Å². The van der Waals surface area contributed by atoms with Crippen molar-refractivity contribution in [3.63, 3.8) is 0 Å². The van der Waals surface area contributed by atoms with Crippen LogP contribution in [0.2, 0.25) is 5.02 Å². The molecule has 4 heteroatoms. The molecule has 2 rings (SSSR count). The monoisotopic (exact) mass is 225 g/mol. The molecule has 0 radical (unpaired) electrons. The molecule has 0 fully saturated rings. The first-order valence-electron chi connectivity index (χ1n) is 4.86. The third-order valence-corrected chi connectivity index (χ3v) is 2.79. The molecule has 0 spiro atoms. The van der Waals surface area contributed by atoms with Crippen molar-refractivity contribution in [2.45, 2.75) is 12.8 Å². The molecule has 1 heterocycles. The van der Waals surface area contributed by atoms with Gasteiger partial charge in [-0.15, -0.1) is 0 Å². The number of hydrogen-bond acceptors (Lipinski definition) is 2. The summed E-state index contributed by atoms with van der Waals surface area (Å²) in [4.78, 5) is 13.1. The molecule has 0 aliphatic carbocycles. The lowest BCUT2D eigenvalue weighted by Crippen LogP contribution is -2.35. The van der Waals surface area contributed by atoms with Gasteiger partial charge in [-0.1, -0.05) is 11.6 Å². The van der Waals surface area contributed by atoms with Gasteiger partial charge in [0.25, 0.3) is 0 Å². The highest BCUT2D eigenvalue weighted by Gasteiger charge is 2.22.